The molecule has 5 aromatic rings. The zero-order valence-electron chi connectivity index (χ0n) is 24.2. The van der Waals surface area contributed by atoms with Gasteiger partial charge in [-0.25, -0.2) is 4.39 Å². The van der Waals surface area contributed by atoms with Gasteiger partial charge in [-0.05, 0) is 42.7 Å². The van der Waals surface area contributed by atoms with E-state index in [4.69, 9.17) is 9.47 Å². The van der Waals surface area contributed by atoms with Crippen LogP contribution in [0.15, 0.2) is 116 Å². The van der Waals surface area contributed by atoms with Gasteiger partial charge in [0, 0.05) is 31.2 Å². The molecule has 226 valence electrons. The second kappa shape index (κ2) is 13.4. The van der Waals surface area contributed by atoms with Gasteiger partial charge in [-0.2, -0.15) is 13.2 Å². The first-order valence-corrected chi connectivity index (χ1v) is 14.2. The van der Waals surface area contributed by atoms with E-state index in [1.54, 1.807) is 13.8 Å². The molecule has 0 spiro atoms. The van der Waals surface area contributed by atoms with Gasteiger partial charge in [-0.15, -0.1) is 0 Å². The monoisotopic (exact) mass is 601 g/mol. The first kappa shape index (κ1) is 30.8. The van der Waals surface area contributed by atoms with Gasteiger partial charge in [0.1, 0.15) is 16.9 Å². The van der Waals surface area contributed by atoms with Crippen molar-refractivity contribution >= 4 is 5.69 Å². The number of nitrogens with zero attached hydrogens (tertiary/aromatic N) is 2. The zero-order chi connectivity index (χ0) is 31.2. The van der Waals surface area contributed by atoms with Crippen molar-refractivity contribution in [2.45, 2.75) is 31.9 Å². The van der Waals surface area contributed by atoms with Crippen molar-refractivity contribution in [3.8, 4) is 11.3 Å². The van der Waals surface area contributed by atoms with Crippen molar-refractivity contribution in [2.24, 2.45) is 0 Å². The van der Waals surface area contributed by atoms with Gasteiger partial charge in [0.25, 0.3) is 0 Å². The summed E-state index contributed by atoms with van der Waals surface area (Å²) in [5.41, 5.74) is 0.483. The maximum Gasteiger partial charge on any atom is 0.433 e. The number of anilines is 1. The van der Waals surface area contributed by atoms with Crippen LogP contribution in [-0.2, 0) is 21.2 Å². The molecule has 1 N–H and O–H groups in total. The molecule has 2 aromatic heterocycles. The van der Waals surface area contributed by atoms with Gasteiger partial charge in [0.2, 0.25) is 0 Å². The first-order valence-electron chi connectivity index (χ1n) is 14.2. The lowest BCUT2D eigenvalue weighted by Crippen LogP contribution is -2.39. The second-order valence-electron chi connectivity index (χ2n) is 9.90. The molecule has 0 unspecified atom stereocenters. The first-order chi connectivity index (χ1) is 21.3. The second-order valence-corrected chi connectivity index (χ2v) is 9.90. The molecule has 0 aliphatic heterocycles. The molecule has 2 heterocycles. The summed E-state index contributed by atoms with van der Waals surface area (Å²) in [5.74, 6) is -0.791. The molecule has 0 aliphatic rings. The Morgan fingerprint density at radius 2 is 1.18 bits per heavy atom. The number of ether oxygens (including phenoxy) is 2. The normalized spacial score (nSPS) is 12.0. The Hall–Kier alpha value is -4.60. The standard InChI is InChI=1S/C35H31F4N3O2/c1-3-43-33(44-4-2)28-23-41-31(24-20-21-29(40-22-24)35(37,38)39)30(36)32(28)42-34(25-14-8-5-9-15-25,26-16-10-6-11-17-26)27-18-12-7-13-19-27/h5-23,33H,3-4H2,1-2H3,(H,41,42). The van der Waals surface area contributed by atoms with E-state index in [-0.39, 0.29) is 30.2 Å². The Kier molecular flexibility index (Phi) is 9.37. The molecule has 44 heavy (non-hydrogen) atoms. The highest BCUT2D eigenvalue weighted by molar-refractivity contribution is 5.70. The van der Waals surface area contributed by atoms with E-state index < -0.39 is 29.5 Å². The minimum Gasteiger partial charge on any atom is -0.365 e. The Morgan fingerprint density at radius 3 is 1.59 bits per heavy atom. The topological polar surface area (TPSA) is 56.3 Å². The van der Waals surface area contributed by atoms with Crippen molar-refractivity contribution in [3.63, 3.8) is 0 Å². The lowest BCUT2D eigenvalue weighted by atomic mass is 9.76. The summed E-state index contributed by atoms with van der Waals surface area (Å²) < 4.78 is 68.5. The fourth-order valence-corrected chi connectivity index (χ4v) is 5.21. The van der Waals surface area contributed by atoms with Crippen molar-refractivity contribution in [1.29, 1.82) is 0 Å². The van der Waals surface area contributed by atoms with E-state index in [1.807, 2.05) is 91.0 Å². The third-order valence-corrected chi connectivity index (χ3v) is 7.20. The molecule has 0 amide bonds. The molecule has 0 saturated heterocycles. The summed E-state index contributed by atoms with van der Waals surface area (Å²) in [6.07, 6.45) is -3.21. The number of rotatable bonds is 11. The third-order valence-electron chi connectivity index (χ3n) is 7.20. The Bertz CT molecular complexity index is 1550. The summed E-state index contributed by atoms with van der Waals surface area (Å²) in [5, 5.41) is 3.55. The maximum atomic E-state index is 17.0. The lowest BCUT2D eigenvalue weighted by Gasteiger charge is -2.39. The summed E-state index contributed by atoms with van der Waals surface area (Å²) in [7, 11) is 0. The molecule has 5 rings (SSSR count). The number of hydrogen-bond acceptors (Lipinski definition) is 5. The number of pyridine rings is 2. The van der Waals surface area contributed by atoms with E-state index >= 15 is 4.39 Å². The number of halogens is 4. The van der Waals surface area contributed by atoms with Gasteiger partial charge < -0.3 is 14.8 Å². The number of hydrogen-bond donors (Lipinski definition) is 1. The summed E-state index contributed by atoms with van der Waals surface area (Å²) in [6, 6.07) is 30.8. The van der Waals surface area contributed by atoms with E-state index in [1.165, 1.54) is 6.20 Å². The number of alkyl halides is 3. The van der Waals surface area contributed by atoms with Crippen LogP contribution in [0.3, 0.4) is 0 Å². The molecule has 0 radical (unpaired) electrons. The van der Waals surface area contributed by atoms with Crippen molar-refractivity contribution in [3.05, 3.63) is 149 Å². The third kappa shape index (κ3) is 6.20. The fraction of sp³-hybridized carbons (Fsp3) is 0.200. The molecule has 0 aliphatic carbocycles. The number of nitrogens with one attached hydrogen (secondary N) is 1. The van der Waals surface area contributed by atoms with E-state index in [9.17, 15) is 13.2 Å². The molecule has 0 atom stereocenters. The van der Waals surface area contributed by atoms with E-state index in [0.717, 1.165) is 35.0 Å². The minimum atomic E-state index is -4.63. The largest absolute Gasteiger partial charge is 0.433 e. The Balaban J connectivity index is 1.80. The molecule has 0 fully saturated rings. The van der Waals surface area contributed by atoms with Crippen LogP contribution in [0.4, 0.5) is 23.2 Å². The average molecular weight is 602 g/mol. The smallest absolute Gasteiger partial charge is 0.365 e. The fourth-order valence-electron chi connectivity index (χ4n) is 5.21. The lowest BCUT2D eigenvalue weighted by molar-refractivity contribution is -0.141. The van der Waals surface area contributed by atoms with Crippen molar-refractivity contribution in [2.75, 3.05) is 18.5 Å². The molecule has 3 aromatic carbocycles. The molecule has 5 nitrogen and oxygen atoms in total. The molecule has 0 bridgehead atoms. The highest BCUT2D eigenvalue weighted by atomic mass is 19.4. The summed E-state index contributed by atoms with van der Waals surface area (Å²) in [4.78, 5) is 7.87. The van der Waals surface area contributed by atoms with E-state index in [2.05, 4.69) is 15.3 Å². The summed E-state index contributed by atoms with van der Waals surface area (Å²) in [6.45, 7) is 4.15. The average Bonchev–Trinajstić information content (AvgIpc) is 3.05. The molecular formula is C35H31F4N3O2. The maximum absolute atomic E-state index is 17.0. The van der Waals surface area contributed by atoms with Gasteiger partial charge in [0.15, 0.2) is 12.1 Å². The highest BCUT2D eigenvalue weighted by Gasteiger charge is 2.39. The van der Waals surface area contributed by atoms with Crippen LogP contribution >= 0.6 is 0 Å². The van der Waals surface area contributed by atoms with Gasteiger partial charge in [-0.3, -0.25) is 9.97 Å². The van der Waals surface area contributed by atoms with Gasteiger partial charge in [0.05, 0.1) is 11.3 Å². The minimum absolute atomic E-state index is 0.0263. The summed E-state index contributed by atoms with van der Waals surface area (Å²) >= 11 is 0. The molecule has 9 heteroatoms. The Labute approximate surface area is 253 Å². The van der Waals surface area contributed by atoms with Crippen LogP contribution in [0, 0.1) is 5.82 Å². The van der Waals surface area contributed by atoms with Crippen LogP contribution in [0.1, 0.15) is 48.1 Å². The van der Waals surface area contributed by atoms with Crippen molar-refractivity contribution in [1.82, 2.24) is 9.97 Å². The zero-order valence-corrected chi connectivity index (χ0v) is 24.2. The predicted octanol–water partition coefficient (Wildman–Crippen LogP) is 8.78. The molecular weight excluding hydrogens is 570 g/mol. The Morgan fingerprint density at radius 1 is 0.682 bits per heavy atom. The van der Waals surface area contributed by atoms with Crippen molar-refractivity contribution < 1.29 is 27.0 Å². The van der Waals surface area contributed by atoms with Crippen LogP contribution in [0.5, 0.6) is 0 Å². The van der Waals surface area contributed by atoms with Crippen LogP contribution in [0.2, 0.25) is 0 Å². The van der Waals surface area contributed by atoms with E-state index in [0.29, 0.717) is 5.56 Å². The van der Waals surface area contributed by atoms with Crippen LogP contribution in [0.25, 0.3) is 11.3 Å². The number of aromatic nitrogens is 2. The molecule has 0 saturated carbocycles. The van der Waals surface area contributed by atoms with Crippen LogP contribution < -0.4 is 5.32 Å². The van der Waals surface area contributed by atoms with Gasteiger partial charge in [-0.1, -0.05) is 91.0 Å². The predicted molar refractivity (Wildman–Crippen MR) is 161 cm³/mol. The van der Waals surface area contributed by atoms with Crippen LogP contribution in [-0.4, -0.2) is 23.2 Å². The number of benzene rings is 3. The van der Waals surface area contributed by atoms with Gasteiger partial charge >= 0.3 is 6.18 Å². The quantitative estimate of drug-likeness (QED) is 0.0932. The highest BCUT2D eigenvalue weighted by Crippen LogP contribution is 2.44. The SMILES string of the molecule is CCOC(OCC)c1cnc(-c2ccc(C(F)(F)F)nc2)c(F)c1NC(c1ccccc1)(c1ccccc1)c1ccccc1.